The van der Waals surface area contributed by atoms with Crippen molar-refractivity contribution in [1.29, 1.82) is 0 Å². The lowest BCUT2D eigenvalue weighted by atomic mass is 10.1. The van der Waals surface area contributed by atoms with E-state index in [-0.39, 0.29) is 0 Å². The fourth-order valence-electron chi connectivity index (χ4n) is 2.30. The van der Waals surface area contributed by atoms with Crippen molar-refractivity contribution in [2.45, 2.75) is 19.4 Å². The van der Waals surface area contributed by atoms with Gasteiger partial charge in [-0.25, -0.2) is 0 Å². The van der Waals surface area contributed by atoms with E-state index in [0.29, 0.717) is 6.04 Å². The SMILES string of the molecule is CC(NCCc1c[nH]c2ccccc12)c1cncs1. The number of aromatic amines is 1. The van der Waals surface area contributed by atoms with Gasteiger partial charge in [-0.3, -0.25) is 4.98 Å². The molecule has 2 N–H and O–H groups in total. The van der Waals surface area contributed by atoms with E-state index >= 15 is 0 Å². The van der Waals surface area contributed by atoms with E-state index in [0.717, 1.165) is 13.0 Å². The lowest BCUT2D eigenvalue weighted by Gasteiger charge is -2.11. The minimum Gasteiger partial charge on any atom is -0.361 e. The maximum atomic E-state index is 4.12. The number of aromatic nitrogens is 2. The Morgan fingerprint density at radius 3 is 3.11 bits per heavy atom. The second-order valence-corrected chi connectivity index (χ2v) is 5.61. The quantitative estimate of drug-likeness (QED) is 0.745. The predicted molar refractivity (Wildman–Crippen MR) is 80.5 cm³/mol. The Hall–Kier alpha value is -1.65. The van der Waals surface area contributed by atoms with Gasteiger partial charge < -0.3 is 10.3 Å². The third-order valence-corrected chi connectivity index (χ3v) is 4.36. The summed E-state index contributed by atoms with van der Waals surface area (Å²) in [5.41, 5.74) is 4.47. The van der Waals surface area contributed by atoms with Crippen molar-refractivity contribution in [3.8, 4) is 0 Å². The molecule has 3 nitrogen and oxygen atoms in total. The van der Waals surface area contributed by atoms with Crippen molar-refractivity contribution >= 4 is 22.2 Å². The molecule has 0 aliphatic heterocycles. The zero-order chi connectivity index (χ0) is 13.1. The number of para-hydroxylation sites is 1. The summed E-state index contributed by atoms with van der Waals surface area (Å²) < 4.78 is 0. The van der Waals surface area contributed by atoms with Gasteiger partial charge in [0.2, 0.25) is 0 Å². The molecular weight excluding hydrogens is 254 g/mol. The molecule has 0 radical (unpaired) electrons. The van der Waals surface area contributed by atoms with Gasteiger partial charge in [0, 0.05) is 34.2 Å². The van der Waals surface area contributed by atoms with Crippen LogP contribution in [0.3, 0.4) is 0 Å². The Kier molecular flexibility index (Phi) is 3.62. The number of hydrogen-bond donors (Lipinski definition) is 2. The summed E-state index contributed by atoms with van der Waals surface area (Å²) in [6, 6.07) is 8.82. The summed E-state index contributed by atoms with van der Waals surface area (Å²) in [5.74, 6) is 0. The van der Waals surface area contributed by atoms with Crippen LogP contribution in [0, 0.1) is 0 Å². The summed E-state index contributed by atoms with van der Waals surface area (Å²) in [6.07, 6.45) is 5.09. The largest absolute Gasteiger partial charge is 0.361 e. The molecule has 19 heavy (non-hydrogen) atoms. The van der Waals surface area contributed by atoms with Gasteiger partial charge in [0.25, 0.3) is 0 Å². The maximum Gasteiger partial charge on any atom is 0.0794 e. The van der Waals surface area contributed by atoms with Gasteiger partial charge >= 0.3 is 0 Å². The predicted octanol–water partition coefficient (Wildman–Crippen LogP) is 3.52. The highest BCUT2D eigenvalue weighted by Crippen LogP contribution is 2.19. The van der Waals surface area contributed by atoms with Gasteiger partial charge in [-0.2, -0.15) is 0 Å². The van der Waals surface area contributed by atoms with Crippen LogP contribution in [0.1, 0.15) is 23.4 Å². The molecule has 0 saturated heterocycles. The van der Waals surface area contributed by atoms with E-state index in [1.165, 1.54) is 21.3 Å². The third kappa shape index (κ3) is 2.69. The first-order valence-electron chi connectivity index (χ1n) is 6.51. The Labute approximate surface area is 116 Å². The van der Waals surface area contributed by atoms with Crippen LogP contribution in [0.2, 0.25) is 0 Å². The van der Waals surface area contributed by atoms with Gasteiger partial charge in [0.1, 0.15) is 0 Å². The molecule has 2 heterocycles. The van der Waals surface area contributed by atoms with Crippen molar-refractivity contribution in [3.05, 3.63) is 52.6 Å². The summed E-state index contributed by atoms with van der Waals surface area (Å²) in [5, 5.41) is 4.87. The van der Waals surface area contributed by atoms with Crippen molar-refractivity contribution in [3.63, 3.8) is 0 Å². The molecule has 0 aliphatic rings. The number of thiazole rings is 1. The normalized spacial score (nSPS) is 12.9. The summed E-state index contributed by atoms with van der Waals surface area (Å²) in [6.45, 7) is 3.16. The van der Waals surface area contributed by atoms with Crippen LogP contribution in [0.15, 0.2) is 42.2 Å². The van der Waals surface area contributed by atoms with Crippen molar-refractivity contribution in [2.24, 2.45) is 0 Å². The van der Waals surface area contributed by atoms with E-state index in [4.69, 9.17) is 0 Å². The summed E-state index contributed by atoms with van der Waals surface area (Å²) >= 11 is 1.70. The zero-order valence-electron chi connectivity index (χ0n) is 10.9. The Balaban J connectivity index is 1.61. The molecule has 2 aromatic heterocycles. The maximum absolute atomic E-state index is 4.12. The molecule has 3 aromatic rings. The van der Waals surface area contributed by atoms with Crippen LogP contribution < -0.4 is 5.32 Å². The van der Waals surface area contributed by atoms with Crippen molar-refractivity contribution in [1.82, 2.24) is 15.3 Å². The lowest BCUT2D eigenvalue weighted by Crippen LogP contribution is -2.20. The van der Waals surface area contributed by atoms with Gasteiger partial charge in [-0.15, -0.1) is 11.3 Å². The highest BCUT2D eigenvalue weighted by Gasteiger charge is 2.07. The number of hydrogen-bond acceptors (Lipinski definition) is 3. The third-order valence-electron chi connectivity index (χ3n) is 3.40. The standard InChI is InChI=1S/C15H17N3S/c1-11(15-9-16-10-19-15)17-7-6-12-8-18-14-5-3-2-4-13(12)14/h2-5,8-11,17-18H,6-7H2,1H3. The Morgan fingerprint density at radius 2 is 2.26 bits per heavy atom. The minimum atomic E-state index is 0.373. The number of nitrogens with zero attached hydrogens (tertiary/aromatic N) is 1. The molecule has 1 unspecified atom stereocenters. The molecule has 3 rings (SSSR count). The number of benzene rings is 1. The van der Waals surface area contributed by atoms with E-state index in [1.807, 2.05) is 11.7 Å². The Bertz CT molecular complexity index is 642. The first-order chi connectivity index (χ1) is 9.34. The number of fused-ring (bicyclic) bond motifs is 1. The highest BCUT2D eigenvalue weighted by atomic mass is 32.1. The number of H-pyrrole nitrogens is 1. The van der Waals surface area contributed by atoms with Crippen LogP contribution in [0.4, 0.5) is 0 Å². The van der Waals surface area contributed by atoms with E-state index in [9.17, 15) is 0 Å². The van der Waals surface area contributed by atoms with Gasteiger partial charge in [0.15, 0.2) is 0 Å². The first-order valence-corrected chi connectivity index (χ1v) is 7.39. The molecule has 98 valence electrons. The average Bonchev–Trinajstić information content (AvgIpc) is 3.08. The smallest absolute Gasteiger partial charge is 0.0794 e. The van der Waals surface area contributed by atoms with Crippen molar-refractivity contribution < 1.29 is 0 Å². The van der Waals surface area contributed by atoms with Crippen LogP contribution in [0.5, 0.6) is 0 Å². The van der Waals surface area contributed by atoms with Gasteiger partial charge in [-0.1, -0.05) is 18.2 Å². The van der Waals surface area contributed by atoms with Crippen molar-refractivity contribution in [2.75, 3.05) is 6.54 Å². The monoisotopic (exact) mass is 271 g/mol. The summed E-state index contributed by atoms with van der Waals surface area (Å²) in [7, 11) is 0. The van der Waals surface area contributed by atoms with E-state index < -0.39 is 0 Å². The van der Waals surface area contributed by atoms with Gasteiger partial charge in [0.05, 0.1) is 5.51 Å². The molecule has 1 aromatic carbocycles. The van der Waals surface area contributed by atoms with E-state index in [1.54, 1.807) is 11.3 Å². The fraction of sp³-hybridized carbons (Fsp3) is 0.267. The van der Waals surface area contributed by atoms with Crippen LogP contribution >= 0.6 is 11.3 Å². The lowest BCUT2D eigenvalue weighted by molar-refractivity contribution is 0.584. The molecular formula is C15H17N3S. The first kappa shape index (κ1) is 12.4. The molecule has 0 saturated carbocycles. The number of nitrogens with one attached hydrogen (secondary N) is 2. The number of rotatable bonds is 5. The molecule has 0 bridgehead atoms. The average molecular weight is 271 g/mol. The fourth-order valence-corrected chi connectivity index (χ4v) is 2.95. The van der Waals surface area contributed by atoms with E-state index in [2.05, 4.69) is 52.7 Å². The second-order valence-electron chi connectivity index (χ2n) is 4.69. The van der Waals surface area contributed by atoms with Gasteiger partial charge in [-0.05, 0) is 31.5 Å². The Morgan fingerprint density at radius 1 is 1.37 bits per heavy atom. The minimum absolute atomic E-state index is 0.373. The molecule has 0 spiro atoms. The van der Waals surface area contributed by atoms with Crippen LogP contribution in [-0.2, 0) is 6.42 Å². The highest BCUT2D eigenvalue weighted by molar-refractivity contribution is 7.09. The molecule has 0 amide bonds. The summed E-state index contributed by atoms with van der Waals surface area (Å²) in [4.78, 5) is 8.72. The van der Waals surface area contributed by atoms with Crippen LogP contribution in [-0.4, -0.2) is 16.5 Å². The molecule has 1 atom stereocenters. The molecule has 0 aliphatic carbocycles. The topological polar surface area (TPSA) is 40.7 Å². The zero-order valence-corrected chi connectivity index (χ0v) is 11.7. The second kappa shape index (κ2) is 5.55. The van der Waals surface area contributed by atoms with Crippen LogP contribution in [0.25, 0.3) is 10.9 Å². The molecule has 4 heteroatoms. The molecule has 0 fully saturated rings.